The number of carbonyl (C=O) groups excluding carboxylic acids is 1. The van der Waals surface area contributed by atoms with E-state index in [0.717, 1.165) is 21.8 Å². The van der Waals surface area contributed by atoms with Crippen LogP contribution in [0.3, 0.4) is 0 Å². The van der Waals surface area contributed by atoms with Crippen LogP contribution in [0, 0.1) is 0 Å². The second-order valence-electron chi connectivity index (χ2n) is 6.45. The van der Waals surface area contributed by atoms with E-state index in [4.69, 9.17) is 16.3 Å². The Labute approximate surface area is 180 Å². The summed E-state index contributed by atoms with van der Waals surface area (Å²) >= 11 is 7.61. The summed E-state index contributed by atoms with van der Waals surface area (Å²) in [5, 5.41) is 7.08. The lowest BCUT2D eigenvalue weighted by Gasteiger charge is -2.17. The zero-order chi connectivity index (χ0) is 20.5. The molecule has 1 amide bonds. The summed E-state index contributed by atoms with van der Waals surface area (Å²) in [6.45, 7) is 0.378. The molecule has 3 heterocycles. The molecule has 0 radical (unpaired) electrons. The Morgan fingerprint density at radius 3 is 2.80 bits per heavy atom. The third-order valence-electron chi connectivity index (χ3n) is 4.49. The SMILES string of the molecule is O=C(Nc1nc2c(s1)COc1c(Cl)cccc1-2)c1ccc(Nc2ccncn2)cc1. The fourth-order valence-corrected chi connectivity index (χ4v) is 4.19. The minimum absolute atomic E-state index is 0.234. The van der Waals surface area contributed by atoms with E-state index in [1.54, 1.807) is 30.5 Å². The predicted octanol–water partition coefficient (Wildman–Crippen LogP) is 5.14. The van der Waals surface area contributed by atoms with Crippen LogP contribution >= 0.6 is 22.9 Å². The Morgan fingerprint density at radius 1 is 1.13 bits per heavy atom. The number of nitrogens with zero attached hydrogens (tertiary/aromatic N) is 3. The van der Waals surface area contributed by atoms with Crippen LogP contribution in [0.2, 0.25) is 5.02 Å². The number of ether oxygens (including phenoxy) is 1. The van der Waals surface area contributed by atoms with Gasteiger partial charge in [0, 0.05) is 23.0 Å². The minimum atomic E-state index is -0.234. The number of nitrogens with one attached hydrogen (secondary N) is 2. The molecule has 7 nitrogen and oxygen atoms in total. The van der Waals surface area contributed by atoms with E-state index in [1.807, 2.05) is 24.3 Å². The van der Waals surface area contributed by atoms with Crippen LogP contribution < -0.4 is 15.4 Å². The molecule has 2 aromatic heterocycles. The van der Waals surface area contributed by atoms with Gasteiger partial charge in [-0.05, 0) is 42.5 Å². The largest absolute Gasteiger partial charge is 0.486 e. The molecule has 2 N–H and O–H groups in total. The molecule has 0 unspecified atom stereocenters. The molecule has 0 aliphatic carbocycles. The van der Waals surface area contributed by atoms with Crippen LogP contribution in [0.5, 0.6) is 5.75 Å². The van der Waals surface area contributed by atoms with E-state index in [2.05, 4.69) is 25.6 Å². The summed E-state index contributed by atoms with van der Waals surface area (Å²) in [6.07, 6.45) is 3.12. The van der Waals surface area contributed by atoms with E-state index in [0.29, 0.717) is 33.9 Å². The molecule has 0 saturated carbocycles. The van der Waals surface area contributed by atoms with E-state index < -0.39 is 0 Å². The average Bonchev–Trinajstić information content (AvgIpc) is 3.18. The Balaban J connectivity index is 1.32. The number of hydrogen-bond acceptors (Lipinski definition) is 7. The third kappa shape index (κ3) is 3.58. The lowest BCUT2D eigenvalue weighted by molar-refractivity contribution is 0.102. The fraction of sp³-hybridized carbons (Fsp3) is 0.0476. The fourth-order valence-electron chi connectivity index (χ4n) is 3.08. The maximum absolute atomic E-state index is 12.7. The number of anilines is 3. The van der Waals surface area contributed by atoms with Crippen LogP contribution in [0.25, 0.3) is 11.3 Å². The molecular formula is C21H14ClN5O2S. The van der Waals surface area contributed by atoms with Gasteiger partial charge < -0.3 is 10.1 Å². The first kappa shape index (κ1) is 18.5. The Bertz CT molecular complexity index is 1230. The molecule has 0 spiro atoms. The van der Waals surface area contributed by atoms with Crippen molar-refractivity contribution in [2.75, 3.05) is 10.6 Å². The first-order valence-corrected chi connectivity index (χ1v) is 10.2. The zero-order valence-electron chi connectivity index (χ0n) is 15.4. The van der Waals surface area contributed by atoms with Crippen LogP contribution in [0.4, 0.5) is 16.6 Å². The summed E-state index contributed by atoms with van der Waals surface area (Å²) in [5.41, 5.74) is 2.97. The number of rotatable bonds is 4. The summed E-state index contributed by atoms with van der Waals surface area (Å²) in [5.74, 6) is 1.07. The number of thiazole rings is 1. The topological polar surface area (TPSA) is 89.0 Å². The molecule has 30 heavy (non-hydrogen) atoms. The third-order valence-corrected chi connectivity index (χ3v) is 5.73. The first-order chi connectivity index (χ1) is 14.7. The number of halogens is 1. The van der Waals surface area contributed by atoms with Crippen molar-refractivity contribution >= 4 is 45.5 Å². The molecular weight excluding hydrogens is 422 g/mol. The molecule has 1 aliphatic heterocycles. The number of aromatic nitrogens is 3. The molecule has 148 valence electrons. The number of hydrogen-bond donors (Lipinski definition) is 2. The average molecular weight is 436 g/mol. The summed E-state index contributed by atoms with van der Waals surface area (Å²) in [6, 6.07) is 14.4. The quantitative estimate of drug-likeness (QED) is 0.461. The number of para-hydroxylation sites is 1. The van der Waals surface area contributed by atoms with E-state index in [-0.39, 0.29) is 5.91 Å². The summed E-state index contributed by atoms with van der Waals surface area (Å²) < 4.78 is 5.76. The summed E-state index contributed by atoms with van der Waals surface area (Å²) in [4.78, 5) is 26.2. The highest BCUT2D eigenvalue weighted by molar-refractivity contribution is 7.16. The van der Waals surface area contributed by atoms with Crippen LogP contribution in [0.1, 0.15) is 15.2 Å². The van der Waals surface area contributed by atoms with E-state index in [9.17, 15) is 4.79 Å². The zero-order valence-corrected chi connectivity index (χ0v) is 17.0. The van der Waals surface area contributed by atoms with Crippen molar-refractivity contribution in [1.82, 2.24) is 15.0 Å². The van der Waals surface area contributed by atoms with Crippen molar-refractivity contribution in [3.05, 3.63) is 76.5 Å². The van der Waals surface area contributed by atoms with Gasteiger partial charge in [-0.2, -0.15) is 0 Å². The van der Waals surface area contributed by atoms with Crippen molar-refractivity contribution in [3.63, 3.8) is 0 Å². The number of fused-ring (bicyclic) bond motifs is 3. The van der Waals surface area contributed by atoms with Gasteiger partial charge >= 0.3 is 0 Å². The molecule has 2 aromatic carbocycles. The molecule has 1 aliphatic rings. The van der Waals surface area contributed by atoms with Crippen molar-refractivity contribution in [2.45, 2.75) is 6.61 Å². The van der Waals surface area contributed by atoms with Gasteiger partial charge in [0.25, 0.3) is 5.91 Å². The van der Waals surface area contributed by atoms with Crippen LogP contribution in [-0.2, 0) is 6.61 Å². The molecule has 9 heteroatoms. The molecule has 0 bridgehead atoms. The summed E-state index contributed by atoms with van der Waals surface area (Å²) in [7, 11) is 0. The van der Waals surface area contributed by atoms with Crippen molar-refractivity contribution in [1.29, 1.82) is 0 Å². The molecule has 0 atom stereocenters. The molecule has 0 saturated heterocycles. The highest BCUT2D eigenvalue weighted by Crippen LogP contribution is 2.44. The van der Waals surface area contributed by atoms with Crippen LogP contribution in [0.15, 0.2) is 61.1 Å². The van der Waals surface area contributed by atoms with Gasteiger partial charge in [-0.25, -0.2) is 15.0 Å². The number of benzene rings is 2. The standard InChI is InChI=1S/C21H14ClN5O2S/c22-15-3-1-2-14-18-16(10-29-19(14)15)30-21(26-18)27-20(28)12-4-6-13(7-5-12)25-17-8-9-23-11-24-17/h1-9,11H,10H2,(H,23,24,25)(H,26,27,28). The van der Waals surface area contributed by atoms with Crippen molar-refractivity contribution in [3.8, 4) is 17.0 Å². The second kappa shape index (κ2) is 7.74. The van der Waals surface area contributed by atoms with Gasteiger partial charge in [-0.3, -0.25) is 10.1 Å². The van der Waals surface area contributed by atoms with Crippen molar-refractivity contribution < 1.29 is 9.53 Å². The van der Waals surface area contributed by atoms with Gasteiger partial charge in [-0.15, -0.1) is 0 Å². The van der Waals surface area contributed by atoms with E-state index >= 15 is 0 Å². The van der Waals surface area contributed by atoms with Crippen LogP contribution in [-0.4, -0.2) is 20.9 Å². The Kier molecular flexibility index (Phi) is 4.78. The van der Waals surface area contributed by atoms with Gasteiger partial charge in [0.05, 0.1) is 15.6 Å². The highest BCUT2D eigenvalue weighted by atomic mass is 35.5. The lowest BCUT2D eigenvalue weighted by Crippen LogP contribution is -2.11. The van der Waals surface area contributed by atoms with Gasteiger partial charge in [-0.1, -0.05) is 29.0 Å². The van der Waals surface area contributed by atoms with Gasteiger partial charge in [0.1, 0.15) is 24.5 Å². The Hall–Kier alpha value is -3.49. The molecule has 0 fully saturated rings. The predicted molar refractivity (Wildman–Crippen MR) is 117 cm³/mol. The maximum Gasteiger partial charge on any atom is 0.257 e. The first-order valence-electron chi connectivity index (χ1n) is 9.03. The minimum Gasteiger partial charge on any atom is -0.486 e. The smallest absolute Gasteiger partial charge is 0.257 e. The number of carbonyl (C=O) groups is 1. The van der Waals surface area contributed by atoms with Gasteiger partial charge in [0.2, 0.25) is 0 Å². The normalized spacial score (nSPS) is 11.8. The monoisotopic (exact) mass is 435 g/mol. The van der Waals surface area contributed by atoms with Gasteiger partial charge in [0.15, 0.2) is 5.13 Å². The lowest BCUT2D eigenvalue weighted by atomic mass is 10.1. The highest BCUT2D eigenvalue weighted by Gasteiger charge is 2.24. The maximum atomic E-state index is 12.7. The molecule has 5 rings (SSSR count). The second-order valence-corrected chi connectivity index (χ2v) is 7.94. The Morgan fingerprint density at radius 2 is 2.00 bits per heavy atom. The van der Waals surface area contributed by atoms with Crippen molar-refractivity contribution in [2.24, 2.45) is 0 Å². The number of amides is 1. The van der Waals surface area contributed by atoms with E-state index in [1.165, 1.54) is 17.7 Å². The molecule has 4 aromatic rings.